The van der Waals surface area contributed by atoms with Gasteiger partial charge in [-0.2, -0.15) is 0 Å². The molecule has 0 radical (unpaired) electrons. The summed E-state index contributed by atoms with van der Waals surface area (Å²) >= 11 is 4.36. The number of thioether (sulfide) groups is 1. The zero-order chi connectivity index (χ0) is 21.0. The molecule has 0 aliphatic heterocycles. The van der Waals surface area contributed by atoms with Crippen LogP contribution in [0.1, 0.15) is 6.92 Å². The van der Waals surface area contributed by atoms with Crippen molar-refractivity contribution in [3.63, 3.8) is 0 Å². The topological polar surface area (TPSA) is 88.9 Å². The van der Waals surface area contributed by atoms with Crippen molar-refractivity contribution in [2.24, 2.45) is 7.05 Å². The van der Waals surface area contributed by atoms with Gasteiger partial charge in [-0.3, -0.25) is 9.59 Å². The zero-order valence-electron chi connectivity index (χ0n) is 15.6. The van der Waals surface area contributed by atoms with Gasteiger partial charge in [-0.05, 0) is 30.3 Å². The van der Waals surface area contributed by atoms with Crippen molar-refractivity contribution in [3.8, 4) is 11.4 Å². The highest BCUT2D eigenvalue weighted by atomic mass is 79.9. The third-order valence-corrected chi connectivity index (χ3v) is 5.33. The molecule has 0 bridgehead atoms. The van der Waals surface area contributed by atoms with Gasteiger partial charge in [0.05, 0.1) is 11.4 Å². The lowest BCUT2D eigenvalue weighted by molar-refractivity contribution is -0.114. The van der Waals surface area contributed by atoms with E-state index in [9.17, 15) is 14.0 Å². The predicted molar refractivity (Wildman–Crippen MR) is 114 cm³/mol. The molecule has 0 saturated heterocycles. The SMILES string of the molecule is CC(=O)Nc1cccc(-c2nnc(SCC(=O)Nc3ccc(Br)cc3F)n2C)c1. The van der Waals surface area contributed by atoms with E-state index >= 15 is 0 Å². The van der Waals surface area contributed by atoms with E-state index in [0.717, 1.165) is 5.56 Å². The lowest BCUT2D eigenvalue weighted by Gasteiger charge is -2.07. The minimum Gasteiger partial charge on any atom is -0.326 e. The molecule has 0 aliphatic carbocycles. The van der Waals surface area contributed by atoms with Gasteiger partial charge >= 0.3 is 0 Å². The maximum atomic E-state index is 13.8. The highest BCUT2D eigenvalue weighted by molar-refractivity contribution is 9.10. The van der Waals surface area contributed by atoms with Crippen LogP contribution in [0.25, 0.3) is 11.4 Å². The van der Waals surface area contributed by atoms with E-state index in [1.165, 1.54) is 30.8 Å². The van der Waals surface area contributed by atoms with E-state index in [-0.39, 0.29) is 23.3 Å². The number of carbonyl (C=O) groups excluding carboxylic acids is 2. The number of hydrogen-bond donors (Lipinski definition) is 2. The molecular weight excluding hydrogens is 461 g/mol. The van der Waals surface area contributed by atoms with E-state index in [0.29, 0.717) is 21.1 Å². The van der Waals surface area contributed by atoms with Crippen molar-refractivity contribution in [1.82, 2.24) is 14.8 Å². The highest BCUT2D eigenvalue weighted by Gasteiger charge is 2.14. The van der Waals surface area contributed by atoms with Crippen molar-refractivity contribution >= 4 is 50.9 Å². The molecule has 7 nitrogen and oxygen atoms in total. The lowest BCUT2D eigenvalue weighted by atomic mass is 10.2. The van der Waals surface area contributed by atoms with Gasteiger partial charge in [0.1, 0.15) is 5.82 Å². The van der Waals surface area contributed by atoms with E-state index in [1.807, 2.05) is 12.1 Å². The van der Waals surface area contributed by atoms with Crippen LogP contribution in [-0.4, -0.2) is 32.3 Å². The largest absolute Gasteiger partial charge is 0.326 e. The average Bonchev–Trinajstić information content (AvgIpc) is 3.02. The first-order chi connectivity index (χ1) is 13.8. The van der Waals surface area contributed by atoms with Crippen LogP contribution in [-0.2, 0) is 16.6 Å². The zero-order valence-corrected chi connectivity index (χ0v) is 18.0. The van der Waals surface area contributed by atoms with Gasteiger partial charge in [0, 0.05) is 29.7 Å². The molecule has 0 spiro atoms. The number of halogens is 2. The van der Waals surface area contributed by atoms with E-state index in [1.54, 1.807) is 29.8 Å². The van der Waals surface area contributed by atoms with E-state index in [2.05, 4.69) is 36.8 Å². The summed E-state index contributed by atoms with van der Waals surface area (Å²) in [6, 6.07) is 11.7. The van der Waals surface area contributed by atoms with E-state index < -0.39 is 5.82 Å². The number of benzene rings is 2. The normalized spacial score (nSPS) is 10.6. The maximum absolute atomic E-state index is 13.8. The summed E-state index contributed by atoms with van der Waals surface area (Å²) < 4.78 is 16.2. The highest BCUT2D eigenvalue weighted by Crippen LogP contribution is 2.25. The van der Waals surface area contributed by atoms with Crippen molar-refractivity contribution in [2.45, 2.75) is 12.1 Å². The fraction of sp³-hybridized carbons (Fsp3) is 0.158. The second-order valence-electron chi connectivity index (χ2n) is 6.09. The molecule has 2 aromatic carbocycles. The molecule has 150 valence electrons. The van der Waals surface area contributed by atoms with Crippen molar-refractivity contribution in [1.29, 1.82) is 0 Å². The first-order valence-electron chi connectivity index (χ1n) is 8.48. The van der Waals surface area contributed by atoms with Gasteiger partial charge in [0.25, 0.3) is 0 Å². The Hall–Kier alpha value is -2.72. The van der Waals surface area contributed by atoms with Crippen LogP contribution in [0.3, 0.4) is 0 Å². The molecule has 0 saturated carbocycles. The van der Waals surface area contributed by atoms with Crippen LogP contribution in [0.4, 0.5) is 15.8 Å². The van der Waals surface area contributed by atoms with Crippen molar-refractivity contribution in [2.75, 3.05) is 16.4 Å². The second kappa shape index (κ2) is 9.19. The third-order valence-electron chi connectivity index (χ3n) is 3.81. The molecule has 1 aromatic heterocycles. The van der Waals surface area contributed by atoms with Crippen LogP contribution >= 0.6 is 27.7 Å². The lowest BCUT2D eigenvalue weighted by Crippen LogP contribution is -2.15. The number of nitrogens with one attached hydrogen (secondary N) is 2. The summed E-state index contributed by atoms with van der Waals surface area (Å²) in [5.74, 6) is -0.386. The molecule has 1 heterocycles. The molecule has 0 unspecified atom stereocenters. The monoisotopic (exact) mass is 477 g/mol. The van der Waals surface area contributed by atoms with Crippen LogP contribution in [0.5, 0.6) is 0 Å². The van der Waals surface area contributed by atoms with Crippen molar-refractivity contribution in [3.05, 3.63) is 52.8 Å². The molecule has 10 heteroatoms. The summed E-state index contributed by atoms with van der Waals surface area (Å²) in [4.78, 5) is 23.4. The molecule has 0 fully saturated rings. The number of rotatable bonds is 6. The molecule has 3 rings (SSSR count). The Labute approximate surface area is 179 Å². The Bertz CT molecular complexity index is 1070. The number of hydrogen-bond acceptors (Lipinski definition) is 5. The molecule has 2 N–H and O–H groups in total. The Balaban J connectivity index is 1.67. The number of nitrogens with zero attached hydrogens (tertiary/aromatic N) is 3. The van der Waals surface area contributed by atoms with Gasteiger partial charge in [-0.15, -0.1) is 10.2 Å². The molecule has 3 aromatic rings. The minimum absolute atomic E-state index is 0.0490. The fourth-order valence-electron chi connectivity index (χ4n) is 2.54. The first-order valence-corrected chi connectivity index (χ1v) is 10.3. The summed E-state index contributed by atoms with van der Waals surface area (Å²) in [6.07, 6.45) is 0. The maximum Gasteiger partial charge on any atom is 0.234 e. The number of anilines is 2. The van der Waals surface area contributed by atoms with E-state index in [4.69, 9.17) is 0 Å². The smallest absolute Gasteiger partial charge is 0.234 e. The summed E-state index contributed by atoms with van der Waals surface area (Å²) in [5.41, 5.74) is 1.55. The predicted octanol–water partition coefficient (Wildman–Crippen LogP) is 4.07. The Morgan fingerprint density at radius 3 is 2.69 bits per heavy atom. The van der Waals surface area contributed by atoms with Gasteiger partial charge in [0.15, 0.2) is 11.0 Å². The Morgan fingerprint density at radius 2 is 1.97 bits per heavy atom. The van der Waals surface area contributed by atoms with Gasteiger partial charge in [-0.1, -0.05) is 39.8 Å². The van der Waals surface area contributed by atoms with Crippen LogP contribution in [0, 0.1) is 5.82 Å². The Morgan fingerprint density at radius 1 is 1.17 bits per heavy atom. The van der Waals surface area contributed by atoms with Gasteiger partial charge in [0.2, 0.25) is 11.8 Å². The quantitative estimate of drug-likeness (QED) is 0.522. The minimum atomic E-state index is -0.516. The van der Waals surface area contributed by atoms with Crippen LogP contribution < -0.4 is 10.6 Å². The van der Waals surface area contributed by atoms with Gasteiger partial charge in [-0.25, -0.2) is 4.39 Å². The summed E-state index contributed by atoms with van der Waals surface area (Å²) in [5, 5.41) is 14.1. The number of amides is 2. The molecular formula is C19H17BrFN5O2S. The Kier molecular flexibility index (Phi) is 6.65. The third kappa shape index (κ3) is 5.42. The molecule has 29 heavy (non-hydrogen) atoms. The average molecular weight is 478 g/mol. The molecule has 0 aliphatic rings. The van der Waals surface area contributed by atoms with Crippen LogP contribution in [0.2, 0.25) is 0 Å². The molecule has 2 amide bonds. The molecule has 0 atom stereocenters. The van der Waals surface area contributed by atoms with Crippen molar-refractivity contribution < 1.29 is 14.0 Å². The number of carbonyl (C=O) groups is 2. The first kappa shape index (κ1) is 21.0. The fourth-order valence-corrected chi connectivity index (χ4v) is 3.58. The summed E-state index contributed by atoms with van der Waals surface area (Å²) in [6.45, 7) is 1.44. The second-order valence-corrected chi connectivity index (χ2v) is 7.95. The standard InChI is InChI=1S/C19H17BrFN5O2S/c1-11(27)22-14-5-3-4-12(8-14)18-24-25-19(26(18)2)29-10-17(28)23-16-7-6-13(20)9-15(16)21/h3-9H,10H2,1-2H3,(H,22,27)(H,23,28). The van der Waals surface area contributed by atoms with Crippen LogP contribution in [0.15, 0.2) is 52.1 Å². The summed E-state index contributed by atoms with van der Waals surface area (Å²) in [7, 11) is 1.79. The number of aromatic nitrogens is 3. The van der Waals surface area contributed by atoms with Gasteiger partial charge < -0.3 is 15.2 Å².